The maximum atomic E-state index is 2.43. The maximum absolute atomic E-state index is 2.43. The van der Waals surface area contributed by atoms with Crippen molar-refractivity contribution in [2.45, 2.75) is 27.7 Å². The molecule has 0 radical (unpaired) electrons. The highest BCUT2D eigenvalue weighted by atomic mass is 31.2. The number of hydrogen-bond acceptors (Lipinski definition) is 0. The molecule has 0 nitrogen and oxygen atoms in total. The summed E-state index contributed by atoms with van der Waals surface area (Å²) >= 11 is 0. The summed E-state index contributed by atoms with van der Waals surface area (Å²) in [4.78, 5) is 0. The van der Waals surface area contributed by atoms with E-state index in [4.69, 9.17) is 0 Å². The van der Waals surface area contributed by atoms with Crippen LogP contribution in [0.5, 0.6) is 0 Å². The van der Waals surface area contributed by atoms with Crippen LogP contribution in [0.2, 0.25) is 0 Å². The van der Waals surface area contributed by atoms with Crippen molar-refractivity contribution < 1.29 is 0 Å². The van der Waals surface area contributed by atoms with Crippen molar-refractivity contribution in [2.75, 3.05) is 13.3 Å². The molecule has 0 saturated heterocycles. The van der Waals surface area contributed by atoms with Crippen LogP contribution in [0.1, 0.15) is 22.3 Å². The molecule has 2 aromatic carbocycles. The van der Waals surface area contributed by atoms with Crippen LogP contribution in [-0.2, 0) is 0 Å². The summed E-state index contributed by atoms with van der Waals surface area (Å²) in [5, 5.41) is 3.06. The van der Waals surface area contributed by atoms with Crippen LogP contribution in [0, 0.1) is 27.7 Å². The smallest absolute Gasteiger partial charge is 0.0554 e. The zero-order valence-corrected chi connectivity index (χ0v) is 13.8. The first kappa shape index (κ1) is 14.3. The van der Waals surface area contributed by atoms with Crippen molar-refractivity contribution in [1.29, 1.82) is 0 Å². The van der Waals surface area contributed by atoms with E-state index in [2.05, 4.69) is 77.4 Å². The minimum Gasteiger partial charge on any atom is -0.0554 e. The number of aryl methyl sites for hydroxylation is 4. The Balaban J connectivity index is 2.58. The first-order chi connectivity index (χ1) is 8.82. The molecule has 0 aliphatic carbocycles. The van der Waals surface area contributed by atoms with Crippen molar-refractivity contribution in [2.24, 2.45) is 0 Å². The Morgan fingerprint density at radius 2 is 1.00 bits per heavy atom. The molecule has 1 heteroatoms. The lowest BCUT2D eigenvalue weighted by Crippen LogP contribution is -2.24. The minimum atomic E-state index is -1.26. The molecular formula is C18H24P+. The Hall–Kier alpha value is -1.13. The van der Waals surface area contributed by atoms with E-state index in [9.17, 15) is 0 Å². The number of benzene rings is 2. The summed E-state index contributed by atoms with van der Waals surface area (Å²) in [5.74, 6) is 0. The van der Waals surface area contributed by atoms with Crippen LogP contribution in [0.25, 0.3) is 0 Å². The molecule has 100 valence electrons. The van der Waals surface area contributed by atoms with Gasteiger partial charge in [0.15, 0.2) is 0 Å². The van der Waals surface area contributed by atoms with Crippen LogP contribution < -0.4 is 10.6 Å². The second-order valence-electron chi connectivity index (χ2n) is 6.03. The third-order valence-electron chi connectivity index (χ3n) is 3.91. The van der Waals surface area contributed by atoms with Gasteiger partial charge in [0, 0.05) is 0 Å². The molecule has 2 aromatic rings. The standard InChI is InChI=1S/C18H24P/c1-13-7-9-17(15(3)11-13)19(5,6)18-10-8-14(2)12-16(18)4/h7-12H,1-6H3/q+1. The first-order valence-corrected chi connectivity index (χ1v) is 9.50. The Morgan fingerprint density at radius 3 is 1.32 bits per heavy atom. The molecule has 0 spiro atoms. The normalized spacial score (nSPS) is 11.7. The van der Waals surface area contributed by atoms with Crippen LogP contribution >= 0.6 is 7.26 Å². The van der Waals surface area contributed by atoms with E-state index in [1.807, 2.05) is 0 Å². The molecule has 0 bridgehead atoms. The van der Waals surface area contributed by atoms with Gasteiger partial charge in [-0.05, 0) is 51.0 Å². The van der Waals surface area contributed by atoms with E-state index in [0.29, 0.717) is 0 Å². The monoisotopic (exact) mass is 271 g/mol. The van der Waals surface area contributed by atoms with Gasteiger partial charge in [0.05, 0.1) is 20.6 Å². The van der Waals surface area contributed by atoms with Gasteiger partial charge in [-0.3, -0.25) is 0 Å². The molecule has 19 heavy (non-hydrogen) atoms. The van der Waals surface area contributed by atoms with Crippen molar-refractivity contribution in [3.63, 3.8) is 0 Å². The van der Waals surface area contributed by atoms with Crippen LogP contribution in [-0.4, -0.2) is 13.3 Å². The summed E-state index contributed by atoms with van der Waals surface area (Å²) in [6, 6.07) is 13.8. The van der Waals surface area contributed by atoms with E-state index in [1.165, 1.54) is 32.9 Å². The average molecular weight is 271 g/mol. The zero-order chi connectivity index (χ0) is 14.2. The summed E-state index contributed by atoms with van der Waals surface area (Å²) in [6.07, 6.45) is 0. The van der Waals surface area contributed by atoms with Crippen molar-refractivity contribution >= 4 is 17.9 Å². The fourth-order valence-corrected chi connectivity index (χ4v) is 6.04. The molecule has 0 aliphatic rings. The van der Waals surface area contributed by atoms with E-state index < -0.39 is 7.26 Å². The molecule has 0 heterocycles. The number of rotatable bonds is 2. The predicted octanol–water partition coefficient (Wildman–Crippen LogP) is 4.15. The van der Waals surface area contributed by atoms with E-state index in [0.717, 1.165) is 0 Å². The summed E-state index contributed by atoms with van der Waals surface area (Å²) in [5.41, 5.74) is 5.56. The Labute approximate surface area is 118 Å². The molecule has 0 atom stereocenters. The SMILES string of the molecule is Cc1ccc([P+](C)(C)c2ccc(C)cc2C)c(C)c1. The average Bonchev–Trinajstić information content (AvgIpc) is 2.27. The molecule has 0 fully saturated rings. The van der Waals surface area contributed by atoms with E-state index in [-0.39, 0.29) is 0 Å². The second kappa shape index (κ2) is 5.10. The van der Waals surface area contributed by atoms with Gasteiger partial charge in [-0.1, -0.05) is 35.4 Å². The highest BCUT2D eigenvalue weighted by Crippen LogP contribution is 2.50. The second-order valence-corrected chi connectivity index (χ2v) is 9.90. The molecule has 0 amide bonds. The van der Waals surface area contributed by atoms with E-state index in [1.54, 1.807) is 0 Å². The fraction of sp³-hybridized carbons (Fsp3) is 0.333. The molecule has 0 N–H and O–H groups in total. The van der Waals surface area contributed by atoms with Gasteiger partial charge in [-0.2, -0.15) is 0 Å². The third kappa shape index (κ3) is 2.74. The molecule has 0 aliphatic heterocycles. The van der Waals surface area contributed by atoms with Gasteiger partial charge in [0.25, 0.3) is 0 Å². The molecule has 0 aromatic heterocycles. The van der Waals surface area contributed by atoms with Gasteiger partial charge in [0.2, 0.25) is 0 Å². The van der Waals surface area contributed by atoms with Crippen LogP contribution in [0.15, 0.2) is 36.4 Å². The van der Waals surface area contributed by atoms with Gasteiger partial charge < -0.3 is 0 Å². The molecule has 0 unspecified atom stereocenters. The highest BCUT2D eigenvalue weighted by Gasteiger charge is 2.34. The zero-order valence-electron chi connectivity index (χ0n) is 12.9. The lowest BCUT2D eigenvalue weighted by molar-refractivity contribution is 1.40. The Kier molecular flexibility index (Phi) is 3.83. The maximum Gasteiger partial charge on any atom is 0.101 e. The summed E-state index contributed by atoms with van der Waals surface area (Å²) in [7, 11) is -1.26. The topological polar surface area (TPSA) is 0 Å². The van der Waals surface area contributed by atoms with Crippen molar-refractivity contribution in [3.8, 4) is 0 Å². The molecule has 2 rings (SSSR count). The lowest BCUT2D eigenvalue weighted by atomic mass is 10.2. The summed E-state index contributed by atoms with van der Waals surface area (Å²) in [6.45, 7) is 13.7. The van der Waals surface area contributed by atoms with Gasteiger partial charge in [-0.15, -0.1) is 0 Å². The highest BCUT2D eigenvalue weighted by molar-refractivity contribution is 7.88. The quantitative estimate of drug-likeness (QED) is 0.720. The predicted molar refractivity (Wildman–Crippen MR) is 89.9 cm³/mol. The minimum absolute atomic E-state index is 1.26. The van der Waals surface area contributed by atoms with Crippen LogP contribution in [0.4, 0.5) is 0 Å². The van der Waals surface area contributed by atoms with Gasteiger partial charge in [0.1, 0.15) is 10.6 Å². The Bertz CT molecular complexity index is 556. The lowest BCUT2D eigenvalue weighted by Gasteiger charge is -2.22. The van der Waals surface area contributed by atoms with Crippen molar-refractivity contribution in [1.82, 2.24) is 0 Å². The van der Waals surface area contributed by atoms with Crippen LogP contribution in [0.3, 0.4) is 0 Å². The van der Waals surface area contributed by atoms with Gasteiger partial charge in [-0.25, -0.2) is 0 Å². The van der Waals surface area contributed by atoms with Crippen molar-refractivity contribution in [3.05, 3.63) is 58.7 Å². The molecular weight excluding hydrogens is 247 g/mol. The summed E-state index contributed by atoms with van der Waals surface area (Å²) < 4.78 is 0. The largest absolute Gasteiger partial charge is 0.101 e. The molecule has 0 saturated carbocycles. The van der Waals surface area contributed by atoms with Gasteiger partial charge >= 0.3 is 0 Å². The third-order valence-corrected chi connectivity index (χ3v) is 7.32. The number of hydrogen-bond donors (Lipinski definition) is 0. The fourth-order valence-electron chi connectivity index (χ4n) is 2.99. The first-order valence-electron chi connectivity index (χ1n) is 6.82. The van der Waals surface area contributed by atoms with E-state index >= 15 is 0 Å². The Morgan fingerprint density at radius 1 is 0.632 bits per heavy atom.